The Morgan fingerprint density at radius 1 is 0.895 bits per heavy atom. The molecule has 1 fully saturated rings. The number of aryl methyl sites for hydroxylation is 1. The van der Waals surface area contributed by atoms with Crippen LogP contribution in [0.5, 0.6) is 0 Å². The molecule has 1 N–H and O–H groups in total. The predicted octanol–water partition coefficient (Wildman–Crippen LogP) is 6.09. The second-order valence-corrected chi connectivity index (χ2v) is 10.5. The van der Waals surface area contributed by atoms with Crippen molar-refractivity contribution in [3.05, 3.63) is 106 Å². The number of rotatable bonds is 4. The highest BCUT2D eigenvalue weighted by Gasteiger charge is 2.45. The van der Waals surface area contributed by atoms with E-state index in [1.165, 1.54) is 12.7 Å². The molecule has 3 aromatic carbocycles. The van der Waals surface area contributed by atoms with Crippen molar-refractivity contribution in [1.82, 2.24) is 0 Å². The summed E-state index contributed by atoms with van der Waals surface area (Å²) in [5.74, 6) is -0.350. The summed E-state index contributed by atoms with van der Waals surface area (Å²) >= 11 is 0. The molecule has 1 saturated carbocycles. The number of carbonyl (C=O) groups excluding carboxylic acids is 3. The standard InChI is InChI=1S/C32H30N2O4/c1-19-7-9-20(10-8-19)24-17-26-29(28(35)18-24)30(21-11-15-23(16-12-21)32(37)38-2)34(31(36)22-13-14-22)27-6-4-3-5-25(27)33-26/h3-12,15-16,22,24,30,33H,13-14,17-18H2,1-2H3. The number of para-hydroxylation sites is 2. The van der Waals surface area contributed by atoms with Crippen LogP contribution < -0.4 is 10.2 Å². The molecule has 0 spiro atoms. The van der Waals surface area contributed by atoms with E-state index in [0.717, 1.165) is 41.0 Å². The molecule has 2 atom stereocenters. The van der Waals surface area contributed by atoms with E-state index in [9.17, 15) is 14.4 Å². The molecule has 1 amide bonds. The first kappa shape index (κ1) is 24.2. The Kier molecular flexibility index (Phi) is 6.10. The first-order chi connectivity index (χ1) is 18.4. The maximum atomic E-state index is 14.0. The van der Waals surface area contributed by atoms with Crippen LogP contribution >= 0.6 is 0 Å². The number of nitrogens with zero attached hydrogens (tertiary/aromatic N) is 1. The lowest BCUT2D eigenvalue weighted by atomic mass is 9.78. The highest BCUT2D eigenvalue weighted by molar-refractivity contribution is 6.07. The molecular formula is C32H30N2O4. The fourth-order valence-corrected chi connectivity index (χ4v) is 5.67. The van der Waals surface area contributed by atoms with E-state index < -0.39 is 12.0 Å². The molecule has 1 aliphatic heterocycles. The molecule has 1 heterocycles. The fraction of sp³-hybridized carbons (Fsp3) is 0.281. The van der Waals surface area contributed by atoms with Crippen LogP contribution in [0.4, 0.5) is 11.4 Å². The molecule has 0 radical (unpaired) electrons. The monoisotopic (exact) mass is 506 g/mol. The number of anilines is 2. The van der Waals surface area contributed by atoms with Crippen LogP contribution in [-0.2, 0) is 14.3 Å². The van der Waals surface area contributed by atoms with Crippen molar-refractivity contribution in [3.8, 4) is 0 Å². The summed E-state index contributed by atoms with van der Waals surface area (Å²) in [6.07, 6.45) is 2.76. The third-order valence-electron chi connectivity index (χ3n) is 7.85. The third-order valence-corrected chi connectivity index (χ3v) is 7.85. The van der Waals surface area contributed by atoms with Gasteiger partial charge in [0, 0.05) is 23.6 Å². The number of ether oxygens (including phenoxy) is 1. The fourth-order valence-electron chi connectivity index (χ4n) is 5.67. The van der Waals surface area contributed by atoms with Crippen LogP contribution in [0.3, 0.4) is 0 Å². The third kappa shape index (κ3) is 4.30. The van der Waals surface area contributed by atoms with Gasteiger partial charge in [-0.1, -0.05) is 54.1 Å². The average molecular weight is 507 g/mol. The van der Waals surface area contributed by atoms with Gasteiger partial charge < -0.3 is 10.1 Å². The maximum absolute atomic E-state index is 14.0. The summed E-state index contributed by atoms with van der Waals surface area (Å²) in [4.78, 5) is 41.8. The van der Waals surface area contributed by atoms with Crippen molar-refractivity contribution < 1.29 is 19.1 Å². The molecular weight excluding hydrogens is 476 g/mol. The van der Waals surface area contributed by atoms with Crippen LogP contribution in [0.1, 0.15) is 64.7 Å². The summed E-state index contributed by atoms with van der Waals surface area (Å²) in [7, 11) is 1.35. The molecule has 2 aliphatic carbocycles. The number of methoxy groups -OCH3 is 1. The topological polar surface area (TPSA) is 75.7 Å². The van der Waals surface area contributed by atoms with E-state index in [1.54, 1.807) is 12.1 Å². The van der Waals surface area contributed by atoms with Crippen LogP contribution in [0.15, 0.2) is 84.1 Å². The van der Waals surface area contributed by atoms with Gasteiger partial charge in [-0.05, 0) is 67.5 Å². The number of amides is 1. The minimum atomic E-state index is -0.590. The van der Waals surface area contributed by atoms with Gasteiger partial charge in [0.2, 0.25) is 5.91 Å². The molecule has 0 saturated heterocycles. The molecule has 6 heteroatoms. The van der Waals surface area contributed by atoms with Crippen LogP contribution in [-0.4, -0.2) is 24.8 Å². The van der Waals surface area contributed by atoms with Gasteiger partial charge in [-0.25, -0.2) is 4.79 Å². The Bertz CT molecular complexity index is 1450. The maximum Gasteiger partial charge on any atom is 0.337 e. The number of Topliss-reactive ketones (excluding diaryl/α,β-unsaturated/α-hetero) is 1. The molecule has 0 aromatic heterocycles. The number of hydrogen-bond acceptors (Lipinski definition) is 5. The van der Waals surface area contributed by atoms with Gasteiger partial charge in [0.1, 0.15) is 0 Å². The summed E-state index contributed by atoms with van der Waals surface area (Å²) in [6, 6.07) is 22.6. The zero-order valence-electron chi connectivity index (χ0n) is 21.6. The van der Waals surface area contributed by atoms with Gasteiger partial charge in [-0.2, -0.15) is 0 Å². The Morgan fingerprint density at radius 3 is 2.26 bits per heavy atom. The number of esters is 1. The lowest BCUT2D eigenvalue weighted by molar-refractivity contribution is -0.120. The van der Waals surface area contributed by atoms with E-state index in [-0.39, 0.29) is 23.5 Å². The number of ketones is 1. The molecule has 0 bridgehead atoms. The quantitative estimate of drug-likeness (QED) is 0.433. The van der Waals surface area contributed by atoms with Crippen molar-refractivity contribution in [2.75, 3.05) is 17.3 Å². The minimum absolute atomic E-state index is 0.0310. The van der Waals surface area contributed by atoms with Gasteiger partial charge in [-0.3, -0.25) is 14.5 Å². The summed E-state index contributed by atoms with van der Waals surface area (Å²) in [5.41, 5.74) is 6.60. The van der Waals surface area contributed by atoms with Crippen LogP contribution in [0.25, 0.3) is 0 Å². The van der Waals surface area contributed by atoms with Gasteiger partial charge in [0.05, 0.1) is 30.1 Å². The SMILES string of the molecule is COC(=O)c1ccc(C2C3=C(CC(c4ccc(C)cc4)CC3=O)Nc3ccccc3N2C(=O)C2CC2)cc1. The Balaban J connectivity index is 1.51. The molecule has 3 aromatic rings. The van der Waals surface area contributed by atoms with E-state index in [4.69, 9.17) is 4.74 Å². The Morgan fingerprint density at radius 2 is 1.58 bits per heavy atom. The van der Waals surface area contributed by atoms with Gasteiger partial charge in [-0.15, -0.1) is 0 Å². The van der Waals surface area contributed by atoms with Gasteiger partial charge in [0.25, 0.3) is 0 Å². The van der Waals surface area contributed by atoms with E-state index in [2.05, 4.69) is 36.5 Å². The average Bonchev–Trinajstić information content (AvgIpc) is 3.79. The number of nitrogens with one attached hydrogen (secondary N) is 1. The second-order valence-electron chi connectivity index (χ2n) is 10.5. The van der Waals surface area contributed by atoms with Crippen molar-refractivity contribution >= 4 is 29.0 Å². The molecule has 3 aliphatic rings. The number of hydrogen-bond donors (Lipinski definition) is 1. The van der Waals surface area contributed by atoms with E-state index >= 15 is 0 Å². The zero-order valence-corrected chi connectivity index (χ0v) is 21.6. The highest BCUT2D eigenvalue weighted by Crippen LogP contribution is 2.49. The number of fused-ring (bicyclic) bond motifs is 1. The predicted molar refractivity (Wildman–Crippen MR) is 146 cm³/mol. The smallest absolute Gasteiger partial charge is 0.337 e. The number of allylic oxidation sites excluding steroid dienone is 1. The number of benzene rings is 3. The lowest BCUT2D eigenvalue weighted by Crippen LogP contribution is -2.39. The van der Waals surface area contributed by atoms with Crippen molar-refractivity contribution in [2.45, 2.75) is 44.6 Å². The lowest BCUT2D eigenvalue weighted by Gasteiger charge is -2.35. The molecule has 192 valence electrons. The largest absolute Gasteiger partial charge is 0.465 e. The van der Waals surface area contributed by atoms with Crippen molar-refractivity contribution in [3.63, 3.8) is 0 Å². The van der Waals surface area contributed by atoms with Crippen molar-refractivity contribution in [1.29, 1.82) is 0 Å². The molecule has 6 rings (SSSR count). The molecule has 38 heavy (non-hydrogen) atoms. The van der Waals surface area contributed by atoms with Crippen LogP contribution in [0.2, 0.25) is 0 Å². The number of carbonyl (C=O) groups is 3. The van der Waals surface area contributed by atoms with E-state index in [1.807, 2.05) is 41.3 Å². The highest BCUT2D eigenvalue weighted by atomic mass is 16.5. The summed E-state index contributed by atoms with van der Waals surface area (Å²) in [5, 5.41) is 3.58. The Labute approximate surface area is 222 Å². The minimum Gasteiger partial charge on any atom is -0.465 e. The van der Waals surface area contributed by atoms with Gasteiger partial charge >= 0.3 is 5.97 Å². The zero-order chi connectivity index (χ0) is 26.4. The molecule has 6 nitrogen and oxygen atoms in total. The summed E-state index contributed by atoms with van der Waals surface area (Å²) < 4.78 is 4.87. The van der Waals surface area contributed by atoms with Crippen molar-refractivity contribution in [2.24, 2.45) is 5.92 Å². The van der Waals surface area contributed by atoms with E-state index in [0.29, 0.717) is 24.0 Å². The first-order valence-electron chi connectivity index (χ1n) is 13.1. The normalized spacial score (nSPS) is 20.7. The molecule has 2 unspecified atom stereocenters. The van der Waals surface area contributed by atoms with Crippen LogP contribution in [0, 0.1) is 12.8 Å². The summed E-state index contributed by atoms with van der Waals surface area (Å²) in [6.45, 7) is 2.06. The second kappa shape index (κ2) is 9.60. The Hall–Kier alpha value is -4.19. The first-order valence-corrected chi connectivity index (χ1v) is 13.1. The van der Waals surface area contributed by atoms with Gasteiger partial charge in [0.15, 0.2) is 5.78 Å².